The van der Waals surface area contributed by atoms with Crippen LogP contribution < -0.4 is 14.8 Å². The Morgan fingerprint density at radius 3 is 2.59 bits per heavy atom. The monoisotopic (exact) mass is 480 g/mol. The maximum absolute atomic E-state index is 13.2. The SMILES string of the molecule is COc1ccc(-c2nc(CC(=O)NC(C)c3cnn(-c4ccc(F)cc4)c3C)cs2)cc1OC. The van der Waals surface area contributed by atoms with Gasteiger partial charge >= 0.3 is 0 Å². The minimum absolute atomic E-state index is 0.134. The summed E-state index contributed by atoms with van der Waals surface area (Å²) >= 11 is 1.47. The van der Waals surface area contributed by atoms with Gasteiger partial charge in [-0.25, -0.2) is 14.1 Å². The number of thiazole rings is 1. The van der Waals surface area contributed by atoms with E-state index in [0.29, 0.717) is 17.2 Å². The number of aromatic nitrogens is 3. The summed E-state index contributed by atoms with van der Waals surface area (Å²) in [6, 6.07) is 11.5. The summed E-state index contributed by atoms with van der Waals surface area (Å²) in [6.07, 6.45) is 1.89. The van der Waals surface area contributed by atoms with Crippen molar-refractivity contribution in [2.45, 2.75) is 26.3 Å². The normalized spacial score (nSPS) is 11.8. The molecule has 2 aromatic heterocycles. The first kappa shape index (κ1) is 23.4. The van der Waals surface area contributed by atoms with Gasteiger partial charge in [-0.15, -0.1) is 11.3 Å². The van der Waals surface area contributed by atoms with Gasteiger partial charge < -0.3 is 14.8 Å². The molecule has 0 saturated heterocycles. The van der Waals surface area contributed by atoms with Gasteiger partial charge in [0.1, 0.15) is 10.8 Å². The van der Waals surface area contributed by atoms with E-state index >= 15 is 0 Å². The molecule has 1 atom stereocenters. The Kier molecular flexibility index (Phi) is 6.93. The largest absolute Gasteiger partial charge is 0.493 e. The highest BCUT2D eigenvalue weighted by Crippen LogP contribution is 2.33. The number of carbonyl (C=O) groups excluding carboxylic acids is 1. The second kappa shape index (κ2) is 10.0. The molecule has 0 fully saturated rings. The molecule has 0 spiro atoms. The van der Waals surface area contributed by atoms with Crippen LogP contribution in [0.5, 0.6) is 11.5 Å². The minimum atomic E-state index is -0.300. The molecule has 9 heteroatoms. The van der Waals surface area contributed by atoms with E-state index in [2.05, 4.69) is 15.4 Å². The Bertz CT molecular complexity index is 1300. The van der Waals surface area contributed by atoms with Gasteiger partial charge in [0.2, 0.25) is 5.91 Å². The van der Waals surface area contributed by atoms with Crippen molar-refractivity contribution in [1.82, 2.24) is 20.1 Å². The molecule has 176 valence electrons. The van der Waals surface area contributed by atoms with Crippen molar-refractivity contribution in [1.29, 1.82) is 0 Å². The Morgan fingerprint density at radius 2 is 1.88 bits per heavy atom. The zero-order valence-electron chi connectivity index (χ0n) is 19.3. The Balaban J connectivity index is 1.42. The number of nitrogens with one attached hydrogen (secondary N) is 1. The third kappa shape index (κ3) is 4.94. The van der Waals surface area contributed by atoms with E-state index in [1.54, 1.807) is 37.2 Å². The summed E-state index contributed by atoms with van der Waals surface area (Å²) in [7, 11) is 3.18. The maximum Gasteiger partial charge on any atom is 0.226 e. The molecule has 0 bridgehead atoms. The smallest absolute Gasteiger partial charge is 0.226 e. The predicted octanol–water partition coefficient (Wildman–Crippen LogP) is 4.88. The van der Waals surface area contributed by atoms with Crippen molar-refractivity contribution >= 4 is 17.2 Å². The second-order valence-corrected chi connectivity index (χ2v) is 8.61. The van der Waals surface area contributed by atoms with Crippen LogP contribution in [0.1, 0.15) is 29.9 Å². The lowest BCUT2D eigenvalue weighted by molar-refractivity contribution is -0.121. The highest BCUT2D eigenvalue weighted by molar-refractivity contribution is 7.13. The van der Waals surface area contributed by atoms with E-state index in [1.807, 2.05) is 37.4 Å². The van der Waals surface area contributed by atoms with Gasteiger partial charge in [-0.1, -0.05) is 0 Å². The number of amides is 1. The maximum atomic E-state index is 13.2. The molecule has 4 rings (SSSR count). The first-order valence-corrected chi connectivity index (χ1v) is 11.5. The minimum Gasteiger partial charge on any atom is -0.493 e. The third-order valence-corrected chi connectivity index (χ3v) is 6.43. The number of carbonyl (C=O) groups is 1. The number of rotatable bonds is 8. The average Bonchev–Trinajstić information content (AvgIpc) is 3.45. The van der Waals surface area contributed by atoms with Crippen LogP contribution in [-0.4, -0.2) is 34.9 Å². The summed E-state index contributed by atoms with van der Waals surface area (Å²) < 4.78 is 25.6. The molecule has 1 amide bonds. The van der Waals surface area contributed by atoms with Crippen LogP contribution >= 0.6 is 11.3 Å². The van der Waals surface area contributed by atoms with Crippen molar-refractivity contribution in [2.24, 2.45) is 0 Å². The van der Waals surface area contributed by atoms with Crippen molar-refractivity contribution in [3.63, 3.8) is 0 Å². The molecule has 2 heterocycles. The van der Waals surface area contributed by atoms with Crippen molar-refractivity contribution in [3.05, 3.63) is 76.8 Å². The third-order valence-electron chi connectivity index (χ3n) is 5.49. The van der Waals surface area contributed by atoms with E-state index in [1.165, 1.54) is 23.5 Å². The van der Waals surface area contributed by atoms with E-state index in [9.17, 15) is 9.18 Å². The number of methoxy groups -OCH3 is 2. The Hall–Kier alpha value is -3.72. The van der Waals surface area contributed by atoms with E-state index in [0.717, 1.165) is 27.5 Å². The predicted molar refractivity (Wildman–Crippen MR) is 129 cm³/mol. The molecule has 1 unspecified atom stereocenters. The lowest BCUT2D eigenvalue weighted by Gasteiger charge is -2.14. The van der Waals surface area contributed by atoms with Crippen LogP contribution in [0.4, 0.5) is 4.39 Å². The summed E-state index contributed by atoms with van der Waals surface area (Å²) in [6.45, 7) is 3.83. The summed E-state index contributed by atoms with van der Waals surface area (Å²) in [5.41, 5.74) is 4.12. The number of ether oxygens (including phenoxy) is 2. The standard InChI is InChI=1S/C25H25FN4O3S/c1-15(21-13-27-30(16(21)2)20-8-6-18(26)7-9-20)28-24(31)12-19-14-34-25(29-19)17-5-10-22(32-3)23(11-17)33-4/h5-11,13-15H,12H2,1-4H3,(H,28,31). The fourth-order valence-electron chi connectivity index (χ4n) is 3.71. The second-order valence-electron chi connectivity index (χ2n) is 7.75. The van der Waals surface area contributed by atoms with Crippen molar-refractivity contribution in [2.75, 3.05) is 14.2 Å². The molecule has 4 aromatic rings. The lowest BCUT2D eigenvalue weighted by Crippen LogP contribution is -2.28. The van der Waals surface area contributed by atoms with Gasteiger partial charge in [0.25, 0.3) is 0 Å². The van der Waals surface area contributed by atoms with E-state index in [4.69, 9.17) is 9.47 Å². The van der Waals surface area contributed by atoms with Crippen LogP contribution in [0, 0.1) is 12.7 Å². The molecule has 0 aliphatic heterocycles. The number of nitrogens with zero attached hydrogens (tertiary/aromatic N) is 3. The fraction of sp³-hybridized carbons (Fsp3) is 0.240. The molecule has 34 heavy (non-hydrogen) atoms. The fourth-order valence-corrected chi connectivity index (χ4v) is 4.53. The van der Waals surface area contributed by atoms with E-state index in [-0.39, 0.29) is 24.2 Å². The molecule has 0 radical (unpaired) electrons. The highest BCUT2D eigenvalue weighted by Gasteiger charge is 2.18. The van der Waals surface area contributed by atoms with E-state index < -0.39 is 0 Å². The van der Waals surface area contributed by atoms with Gasteiger partial charge in [-0.2, -0.15) is 5.10 Å². The van der Waals surface area contributed by atoms with Gasteiger partial charge in [-0.3, -0.25) is 4.79 Å². The van der Waals surface area contributed by atoms with Crippen LogP contribution in [-0.2, 0) is 11.2 Å². The molecule has 2 aromatic carbocycles. The quantitative estimate of drug-likeness (QED) is 0.389. The van der Waals surface area contributed by atoms with Crippen LogP contribution in [0.2, 0.25) is 0 Å². The zero-order valence-corrected chi connectivity index (χ0v) is 20.1. The zero-order chi connectivity index (χ0) is 24.2. The number of benzene rings is 2. The number of hydrogen-bond donors (Lipinski definition) is 1. The van der Waals surface area contributed by atoms with Crippen LogP contribution in [0.3, 0.4) is 0 Å². The van der Waals surface area contributed by atoms with Crippen LogP contribution in [0.25, 0.3) is 16.3 Å². The summed E-state index contributed by atoms with van der Waals surface area (Å²) in [4.78, 5) is 17.3. The Labute approximate surface area is 201 Å². The average molecular weight is 481 g/mol. The first-order valence-electron chi connectivity index (χ1n) is 10.7. The van der Waals surface area contributed by atoms with Gasteiger partial charge in [-0.05, 0) is 56.3 Å². The molecule has 0 aliphatic rings. The van der Waals surface area contributed by atoms with Crippen molar-refractivity contribution < 1.29 is 18.7 Å². The first-order chi connectivity index (χ1) is 16.4. The number of halogens is 1. The molecular weight excluding hydrogens is 455 g/mol. The van der Waals surface area contributed by atoms with Gasteiger partial charge in [0.05, 0.1) is 44.3 Å². The van der Waals surface area contributed by atoms with Crippen LogP contribution in [0.15, 0.2) is 54.0 Å². The number of hydrogen-bond acceptors (Lipinski definition) is 6. The highest BCUT2D eigenvalue weighted by atomic mass is 32.1. The molecule has 1 N–H and O–H groups in total. The van der Waals surface area contributed by atoms with Crippen molar-refractivity contribution in [3.8, 4) is 27.8 Å². The lowest BCUT2D eigenvalue weighted by atomic mass is 10.1. The van der Waals surface area contributed by atoms with Gasteiger partial charge in [0, 0.05) is 22.2 Å². The van der Waals surface area contributed by atoms with Gasteiger partial charge in [0.15, 0.2) is 11.5 Å². The summed E-state index contributed by atoms with van der Waals surface area (Å²) in [5.74, 6) is 0.839. The topological polar surface area (TPSA) is 78.3 Å². The molecule has 0 saturated carbocycles. The molecule has 0 aliphatic carbocycles. The summed E-state index contributed by atoms with van der Waals surface area (Å²) in [5, 5.41) is 10.1. The molecular formula is C25H25FN4O3S. The molecule has 7 nitrogen and oxygen atoms in total. The Morgan fingerprint density at radius 1 is 1.15 bits per heavy atom.